The van der Waals surface area contributed by atoms with Crippen molar-refractivity contribution in [2.24, 2.45) is 5.11 Å². The van der Waals surface area contributed by atoms with Crippen LogP contribution in [0.5, 0.6) is 5.75 Å². The van der Waals surface area contributed by atoms with Gasteiger partial charge in [0, 0.05) is 11.0 Å². The molecule has 1 aromatic carbocycles. The lowest BCUT2D eigenvalue weighted by atomic mass is 9.93. The maximum Gasteiger partial charge on any atom is 0.119 e. The number of nitrogens with zero attached hydrogens (tertiary/aromatic N) is 3. The molecule has 0 atom stereocenters. The topological polar surface area (TPSA) is 58.0 Å². The van der Waals surface area contributed by atoms with Gasteiger partial charge >= 0.3 is 0 Å². The lowest BCUT2D eigenvalue weighted by Crippen LogP contribution is -2.25. The van der Waals surface area contributed by atoms with Crippen LogP contribution in [0.15, 0.2) is 35.4 Å². The summed E-state index contributed by atoms with van der Waals surface area (Å²) in [5.41, 5.74) is 8.35. The number of rotatable bonds is 3. The molecule has 1 fully saturated rings. The fourth-order valence-electron chi connectivity index (χ4n) is 2.04. The molecule has 0 spiro atoms. The van der Waals surface area contributed by atoms with E-state index in [0.717, 1.165) is 31.4 Å². The van der Waals surface area contributed by atoms with Crippen LogP contribution >= 0.6 is 0 Å². The molecule has 1 aliphatic carbocycles. The van der Waals surface area contributed by atoms with E-state index in [0.29, 0.717) is 0 Å². The number of benzene rings is 1. The van der Waals surface area contributed by atoms with E-state index in [1.165, 1.54) is 0 Å². The highest BCUT2D eigenvalue weighted by Gasteiger charge is 2.21. The van der Waals surface area contributed by atoms with Gasteiger partial charge in [0.15, 0.2) is 0 Å². The molecule has 0 aliphatic heterocycles. The Labute approximate surface area is 94.9 Å². The van der Waals surface area contributed by atoms with Crippen molar-refractivity contribution >= 4 is 0 Å². The standard InChI is InChI=1S/C12H15N3O/c13-15-14-10-6-8-12(9-7-10)16-11-4-2-1-3-5-11/h1-5,10,12H,6-9H2. The molecule has 84 valence electrons. The van der Waals surface area contributed by atoms with Crippen molar-refractivity contribution in [1.29, 1.82) is 0 Å². The van der Waals surface area contributed by atoms with Gasteiger partial charge in [-0.1, -0.05) is 23.3 Å². The van der Waals surface area contributed by atoms with Gasteiger partial charge in [0.05, 0.1) is 6.10 Å². The highest BCUT2D eigenvalue weighted by molar-refractivity contribution is 5.21. The Hall–Kier alpha value is -1.67. The van der Waals surface area contributed by atoms with Gasteiger partial charge in [0.1, 0.15) is 5.75 Å². The highest BCUT2D eigenvalue weighted by atomic mass is 16.5. The molecule has 0 unspecified atom stereocenters. The third-order valence-electron chi connectivity index (χ3n) is 2.90. The van der Waals surface area contributed by atoms with Gasteiger partial charge in [-0.05, 0) is 43.3 Å². The van der Waals surface area contributed by atoms with Crippen molar-refractivity contribution in [2.45, 2.75) is 37.8 Å². The second-order valence-corrected chi connectivity index (χ2v) is 4.07. The second kappa shape index (κ2) is 5.42. The van der Waals surface area contributed by atoms with E-state index in [2.05, 4.69) is 10.0 Å². The van der Waals surface area contributed by atoms with Gasteiger partial charge in [0.2, 0.25) is 0 Å². The third kappa shape index (κ3) is 2.91. The molecule has 0 amide bonds. The zero-order valence-corrected chi connectivity index (χ0v) is 9.12. The van der Waals surface area contributed by atoms with Gasteiger partial charge in [-0.15, -0.1) is 0 Å². The van der Waals surface area contributed by atoms with Gasteiger partial charge in [-0.3, -0.25) is 0 Å². The minimum absolute atomic E-state index is 0.167. The van der Waals surface area contributed by atoms with E-state index in [-0.39, 0.29) is 12.1 Å². The fraction of sp³-hybridized carbons (Fsp3) is 0.500. The molecule has 0 N–H and O–H groups in total. The van der Waals surface area contributed by atoms with Crippen LogP contribution in [0.4, 0.5) is 0 Å². The van der Waals surface area contributed by atoms with Gasteiger partial charge < -0.3 is 4.74 Å². The van der Waals surface area contributed by atoms with Crippen molar-refractivity contribution in [3.63, 3.8) is 0 Å². The summed E-state index contributed by atoms with van der Waals surface area (Å²) in [5, 5.41) is 3.75. The van der Waals surface area contributed by atoms with Gasteiger partial charge in [0.25, 0.3) is 0 Å². The molecular formula is C12H15N3O. The second-order valence-electron chi connectivity index (χ2n) is 4.07. The summed E-state index contributed by atoms with van der Waals surface area (Å²) in [6.45, 7) is 0. The van der Waals surface area contributed by atoms with Crippen LogP contribution in [-0.4, -0.2) is 12.1 Å². The first kappa shape index (κ1) is 10.8. The monoisotopic (exact) mass is 217 g/mol. The van der Waals surface area contributed by atoms with E-state index in [1.807, 2.05) is 30.3 Å². The third-order valence-corrected chi connectivity index (χ3v) is 2.90. The summed E-state index contributed by atoms with van der Waals surface area (Å²) in [6.07, 6.45) is 4.08. The normalized spacial score (nSPS) is 24.5. The number of ether oxygens (including phenoxy) is 1. The average molecular weight is 217 g/mol. The van der Waals surface area contributed by atoms with Crippen molar-refractivity contribution in [3.8, 4) is 5.75 Å². The smallest absolute Gasteiger partial charge is 0.119 e. The maximum absolute atomic E-state index is 8.35. The molecule has 0 radical (unpaired) electrons. The highest BCUT2D eigenvalue weighted by Crippen LogP contribution is 2.25. The predicted octanol–water partition coefficient (Wildman–Crippen LogP) is 3.69. The minimum atomic E-state index is 0.167. The molecule has 0 aromatic heterocycles. The van der Waals surface area contributed by atoms with Crippen molar-refractivity contribution in [2.75, 3.05) is 0 Å². The van der Waals surface area contributed by atoms with E-state index in [9.17, 15) is 0 Å². The Morgan fingerprint density at radius 3 is 2.44 bits per heavy atom. The number of hydrogen-bond acceptors (Lipinski definition) is 2. The summed E-state index contributed by atoms with van der Waals surface area (Å²) in [4.78, 5) is 2.85. The van der Waals surface area contributed by atoms with Crippen molar-refractivity contribution in [3.05, 3.63) is 40.8 Å². The molecule has 4 heteroatoms. The van der Waals surface area contributed by atoms with Crippen LogP contribution in [0.2, 0.25) is 0 Å². The molecule has 1 aliphatic rings. The molecule has 16 heavy (non-hydrogen) atoms. The fourth-order valence-corrected chi connectivity index (χ4v) is 2.04. The molecular weight excluding hydrogens is 202 g/mol. The summed E-state index contributed by atoms with van der Waals surface area (Å²) in [7, 11) is 0. The SMILES string of the molecule is [N-]=[N+]=NC1CCC(Oc2ccccc2)CC1. The summed E-state index contributed by atoms with van der Waals surface area (Å²) in [5.74, 6) is 0.926. The molecule has 1 aromatic rings. The van der Waals surface area contributed by atoms with Crippen LogP contribution in [0.3, 0.4) is 0 Å². The van der Waals surface area contributed by atoms with Crippen LogP contribution in [-0.2, 0) is 0 Å². The first-order valence-corrected chi connectivity index (χ1v) is 5.64. The van der Waals surface area contributed by atoms with Crippen molar-refractivity contribution in [1.82, 2.24) is 0 Å². The lowest BCUT2D eigenvalue weighted by molar-refractivity contribution is 0.147. The molecule has 2 rings (SSSR count). The minimum Gasteiger partial charge on any atom is -0.490 e. The van der Waals surface area contributed by atoms with Crippen LogP contribution < -0.4 is 4.74 Å². The molecule has 0 saturated heterocycles. The Kier molecular flexibility index (Phi) is 3.67. The van der Waals surface area contributed by atoms with E-state index >= 15 is 0 Å². The van der Waals surface area contributed by atoms with Crippen LogP contribution in [0.25, 0.3) is 10.4 Å². The largest absolute Gasteiger partial charge is 0.490 e. The van der Waals surface area contributed by atoms with Crippen LogP contribution in [0.1, 0.15) is 25.7 Å². The maximum atomic E-state index is 8.35. The Morgan fingerprint density at radius 2 is 1.81 bits per heavy atom. The predicted molar refractivity (Wildman–Crippen MR) is 62.3 cm³/mol. The first-order chi connectivity index (χ1) is 7.88. The summed E-state index contributed by atoms with van der Waals surface area (Å²) < 4.78 is 5.85. The number of hydrogen-bond donors (Lipinski definition) is 0. The van der Waals surface area contributed by atoms with E-state index < -0.39 is 0 Å². The Morgan fingerprint density at radius 1 is 1.12 bits per heavy atom. The van der Waals surface area contributed by atoms with Gasteiger partial charge in [-0.25, -0.2) is 0 Å². The molecule has 0 heterocycles. The summed E-state index contributed by atoms with van der Waals surface area (Å²) >= 11 is 0. The molecule has 1 saturated carbocycles. The van der Waals surface area contributed by atoms with Crippen LogP contribution in [0, 0.1) is 0 Å². The Bertz CT molecular complexity index is 365. The Balaban J connectivity index is 1.84. The van der Waals surface area contributed by atoms with E-state index in [1.54, 1.807) is 0 Å². The number of azide groups is 1. The summed E-state index contributed by atoms with van der Waals surface area (Å²) in [6, 6.07) is 10.0. The zero-order valence-electron chi connectivity index (χ0n) is 9.12. The first-order valence-electron chi connectivity index (χ1n) is 5.64. The average Bonchev–Trinajstić information content (AvgIpc) is 2.33. The van der Waals surface area contributed by atoms with Crippen molar-refractivity contribution < 1.29 is 4.74 Å². The van der Waals surface area contributed by atoms with E-state index in [4.69, 9.17) is 10.3 Å². The lowest BCUT2D eigenvalue weighted by Gasteiger charge is -2.26. The van der Waals surface area contributed by atoms with Gasteiger partial charge in [-0.2, -0.15) is 0 Å². The number of para-hydroxylation sites is 1. The molecule has 4 nitrogen and oxygen atoms in total. The zero-order chi connectivity index (χ0) is 11.2. The quantitative estimate of drug-likeness (QED) is 0.432. The molecule has 0 bridgehead atoms.